The number of ketones is 2. The Morgan fingerprint density at radius 3 is 0.900 bits per heavy atom. The number of ether oxygens (including phenoxy) is 2. The highest BCUT2D eigenvalue weighted by Crippen LogP contribution is 2.52. The number of fused-ring (bicyclic) bond motifs is 4. The molecule has 0 spiro atoms. The standard InChI is InChI=1S/C44H28N2O4/c47-43(31-13-1-3-15-33(31)45-35-17-5-9-21-39(35)49-40-22-10-6-18-36(40)45)29-25-27-30(28-26-29)44(48)32-14-2-4-16-34(32)46-37-19-7-11-23-41(37)50-42-24-12-8-20-38(42)46/h1-28H. The first-order valence-electron chi connectivity index (χ1n) is 16.4. The molecule has 0 radical (unpaired) electrons. The van der Waals surface area contributed by atoms with Gasteiger partial charge in [0.15, 0.2) is 34.6 Å². The first kappa shape index (κ1) is 29.2. The third kappa shape index (κ3) is 4.81. The number of hydrogen-bond acceptors (Lipinski definition) is 6. The Labute approximate surface area is 289 Å². The van der Waals surface area contributed by atoms with Crippen LogP contribution in [0.25, 0.3) is 0 Å². The minimum absolute atomic E-state index is 0.150. The number of para-hydroxylation sites is 10. The molecule has 2 heterocycles. The van der Waals surface area contributed by atoms with E-state index in [1.54, 1.807) is 24.3 Å². The molecule has 6 heteroatoms. The van der Waals surface area contributed by atoms with Crippen molar-refractivity contribution in [2.24, 2.45) is 0 Å². The van der Waals surface area contributed by atoms with Gasteiger partial charge in [0.05, 0.1) is 34.1 Å². The second kappa shape index (κ2) is 12.0. The Morgan fingerprint density at radius 2 is 0.580 bits per heavy atom. The largest absolute Gasteiger partial charge is 0.453 e. The average Bonchev–Trinajstić information content (AvgIpc) is 3.18. The van der Waals surface area contributed by atoms with E-state index in [4.69, 9.17) is 9.47 Å². The summed E-state index contributed by atoms with van der Waals surface area (Å²) in [5, 5.41) is 0. The maximum absolute atomic E-state index is 14.2. The van der Waals surface area contributed by atoms with Crippen LogP contribution in [0, 0.1) is 0 Å². The molecule has 0 N–H and O–H groups in total. The Morgan fingerprint density at radius 1 is 0.320 bits per heavy atom. The van der Waals surface area contributed by atoms with Crippen LogP contribution in [-0.2, 0) is 0 Å². The molecule has 0 aliphatic carbocycles. The number of rotatable bonds is 6. The zero-order chi connectivity index (χ0) is 33.6. The van der Waals surface area contributed by atoms with E-state index in [0.29, 0.717) is 45.3 Å². The lowest BCUT2D eigenvalue weighted by Gasteiger charge is -2.33. The van der Waals surface area contributed by atoms with E-state index in [2.05, 4.69) is 9.80 Å². The summed E-state index contributed by atoms with van der Waals surface area (Å²) in [6, 6.07) is 53.3. The van der Waals surface area contributed by atoms with Crippen LogP contribution in [0.3, 0.4) is 0 Å². The minimum atomic E-state index is -0.150. The van der Waals surface area contributed by atoms with Gasteiger partial charge in [-0.15, -0.1) is 0 Å². The maximum atomic E-state index is 14.2. The Bertz CT molecular complexity index is 2190. The molecule has 0 amide bonds. The van der Waals surface area contributed by atoms with E-state index >= 15 is 0 Å². The molecule has 9 rings (SSSR count). The quantitative estimate of drug-likeness (QED) is 0.167. The summed E-state index contributed by atoms with van der Waals surface area (Å²) in [5.74, 6) is 2.54. The summed E-state index contributed by atoms with van der Waals surface area (Å²) < 4.78 is 12.4. The topological polar surface area (TPSA) is 59.1 Å². The summed E-state index contributed by atoms with van der Waals surface area (Å²) in [7, 11) is 0. The fourth-order valence-corrected chi connectivity index (χ4v) is 6.73. The Hall–Kier alpha value is -6.92. The third-order valence-corrected chi connectivity index (χ3v) is 9.05. The number of carbonyl (C=O) groups excluding carboxylic acids is 2. The third-order valence-electron chi connectivity index (χ3n) is 9.05. The van der Waals surface area contributed by atoms with Crippen LogP contribution in [0.4, 0.5) is 34.1 Å². The number of hydrogen-bond donors (Lipinski definition) is 0. The molecule has 0 fully saturated rings. The fraction of sp³-hybridized carbons (Fsp3) is 0. The first-order valence-corrected chi connectivity index (χ1v) is 16.4. The molecule has 2 aliphatic rings. The van der Waals surface area contributed by atoms with E-state index in [1.807, 2.05) is 146 Å². The number of anilines is 6. The molecular weight excluding hydrogens is 620 g/mol. The van der Waals surface area contributed by atoms with E-state index in [9.17, 15) is 9.59 Å². The number of nitrogens with zero attached hydrogens (tertiary/aromatic N) is 2. The van der Waals surface area contributed by atoms with Crippen LogP contribution >= 0.6 is 0 Å². The van der Waals surface area contributed by atoms with Crippen molar-refractivity contribution in [2.45, 2.75) is 0 Å². The van der Waals surface area contributed by atoms with E-state index < -0.39 is 0 Å². The van der Waals surface area contributed by atoms with Gasteiger partial charge in [-0.05, 0) is 72.8 Å². The molecule has 50 heavy (non-hydrogen) atoms. The van der Waals surface area contributed by atoms with E-state index in [1.165, 1.54) is 0 Å². The van der Waals surface area contributed by atoms with Crippen molar-refractivity contribution >= 4 is 45.7 Å². The SMILES string of the molecule is O=C(c1ccc(C(=O)c2ccccc2N2c3ccccc3Oc3ccccc32)cc1)c1ccccc1N1c2ccccc2Oc2ccccc21. The molecule has 7 aromatic carbocycles. The second-order valence-electron chi connectivity index (χ2n) is 12.0. The summed E-state index contributed by atoms with van der Waals surface area (Å²) >= 11 is 0. The fourth-order valence-electron chi connectivity index (χ4n) is 6.73. The van der Waals surface area contributed by atoms with Crippen LogP contribution < -0.4 is 19.3 Å². The lowest BCUT2D eigenvalue weighted by Crippen LogP contribution is -2.19. The zero-order valence-corrected chi connectivity index (χ0v) is 26.7. The van der Waals surface area contributed by atoms with Crippen molar-refractivity contribution in [1.29, 1.82) is 0 Å². The Balaban J connectivity index is 1.06. The molecule has 0 saturated carbocycles. The molecule has 238 valence electrons. The van der Waals surface area contributed by atoms with Gasteiger partial charge in [0, 0.05) is 22.3 Å². The van der Waals surface area contributed by atoms with Gasteiger partial charge in [0.25, 0.3) is 0 Å². The Kier molecular flexibility index (Phi) is 6.99. The molecule has 2 aliphatic heterocycles. The summed E-state index contributed by atoms with van der Waals surface area (Å²) in [4.78, 5) is 32.6. The molecule has 0 bridgehead atoms. The highest BCUT2D eigenvalue weighted by atomic mass is 16.5. The van der Waals surface area contributed by atoms with Crippen LogP contribution in [0.1, 0.15) is 31.8 Å². The normalized spacial score (nSPS) is 12.4. The lowest BCUT2D eigenvalue weighted by molar-refractivity contribution is 0.102. The minimum Gasteiger partial charge on any atom is -0.453 e. The smallest absolute Gasteiger partial charge is 0.195 e. The first-order chi connectivity index (χ1) is 24.7. The highest BCUT2D eigenvalue weighted by Gasteiger charge is 2.30. The summed E-state index contributed by atoms with van der Waals surface area (Å²) in [6.45, 7) is 0. The molecule has 0 unspecified atom stereocenters. The molecule has 7 aromatic rings. The average molecular weight is 649 g/mol. The van der Waals surface area contributed by atoms with E-state index in [-0.39, 0.29) is 11.6 Å². The van der Waals surface area contributed by atoms with E-state index in [0.717, 1.165) is 34.1 Å². The van der Waals surface area contributed by atoms with Crippen LogP contribution in [-0.4, -0.2) is 11.6 Å². The van der Waals surface area contributed by atoms with Crippen LogP contribution in [0.2, 0.25) is 0 Å². The van der Waals surface area contributed by atoms with Gasteiger partial charge in [-0.3, -0.25) is 9.59 Å². The molecule has 0 atom stereocenters. The van der Waals surface area contributed by atoms with Gasteiger partial charge >= 0.3 is 0 Å². The molecule has 6 nitrogen and oxygen atoms in total. The summed E-state index contributed by atoms with van der Waals surface area (Å²) in [5.41, 5.74) is 6.88. The second-order valence-corrected chi connectivity index (χ2v) is 12.0. The maximum Gasteiger partial charge on any atom is 0.195 e. The van der Waals surface area contributed by atoms with Gasteiger partial charge in [-0.1, -0.05) is 97.1 Å². The zero-order valence-electron chi connectivity index (χ0n) is 26.7. The van der Waals surface area contributed by atoms with Crippen LogP contribution in [0.5, 0.6) is 23.0 Å². The van der Waals surface area contributed by atoms with Gasteiger partial charge in [0.2, 0.25) is 0 Å². The monoisotopic (exact) mass is 648 g/mol. The predicted octanol–water partition coefficient (Wildman–Crippen LogP) is 11.3. The van der Waals surface area contributed by atoms with Crippen LogP contribution in [0.15, 0.2) is 170 Å². The van der Waals surface area contributed by atoms with Gasteiger partial charge < -0.3 is 19.3 Å². The van der Waals surface area contributed by atoms with Gasteiger partial charge in [-0.2, -0.15) is 0 Å². The van der Waals surface area contributed by atoms with Crippen molar-refractivity contribution in [3.8, 4) is 23.0 Å². The highest BCUT2D eigenvalue weighted by molar-refractivity contribution is 6.16. The summed E-state index contributed by atoms with van der Waals surface area (Å²) in [6.07, 6.45) is 0. The predicted molar refractivity (Wildman–Crippen MR) is 196 cm³/mol. The molecular formula is C44H28N2O4. The number of benzene rings is 7. The lowest BCUT2D eigenvalue weighted by atomic mass is 9.96. The van der Waals surface area contributed by atoms with Gasteiger partial charge in [0.1, 0.15) is 0 Å². The van der Waals surface area contributed by atoms with Crippen molar-refractivity contribution < 1.29 is 19.1 Å². The van der Waals surface area contributed by atoms with Crippen molar-refractivity contribution in [3.05, 3.63) is 192 Å². The number of carbonyl (C=O) groups is 2. The van der Waals surface area contributed by atoms with Crippen molar-refractivity contribution in [1.82, 2.24) is 0 Å². The van der Waals surface area contributed by atoms with Crippen molar-refractivity contribution in [2.75, 3.05) is 9.80 Å². The van der Waals surface area contributed by atoms with Gasteiger partial charge in [-0.25, -0.2) is 0 Å². The van der Waals surface area contributed by atoms with Crippen molar-refractivity contribution in [3.63, 3.8) is 0 Å². The molecule has 0 aromatic heterocycles. The molecule has 0 saturated heterocycles.